The largest absolute Gasteiger partial charge is 0.492 e. The van der Waals surface area contributed by atoms with Crippen LogP contribution in [0.5, 0.6) is 5.75 Å². The molecule has 1 aromatic carbocycles. The van der Waals surface area contributed by atoms with Gasteiger partial charge < -0.3 is 9.30 Å². The Morgan fingerprint density at radius 3 is 3.08 bits per heavy atom. The van der Waals surface area contributed by atoms with Crippen LogP contribution in [0.3, 0.4) is 0 Å². The minimum Gasteiger partial charge on any atom is -0.492 e. The van der Waals surface area contributed by atoms with Crippen LogP contribution in [-0.4, -0.2) is 45.9 Å². The Hall–Kier alpha value is -1.88. The third-order valence-electron chi connectivity index (χ3n) is 5.49. The molecule has 0 aliphatic carbocycles. The number of fused-ring (bicyclic) bond motifs is 1. The lowest BCUT2D eigenvalue weighted by atomic mass is 9.97. The Bertz CT molecular complexity index is 711. The van der Waals surface area contributed by atoms with Crippen molar-refractivity contribution < 1.29 is 4.74 Å². The number of benzene rings is 1. The zero-order chi connectivity index (χ0) is 17.1. The third-order valence-corrected chi connectivity index (χ3v) is 5.49. The predicted octanol–water partition coefficient (Wildman–Crippen LogP) is 3.05. The molecule has 0 amide bonds. The Labute approximate surface area is 150 Å². The van der Waals surface area contributed by atoms with E-state index in [4.69, 9.17) is 4.74 Å². The Kier molecular flexibility index (Phi) is 5.02. The summed E-state index contributed by atoms with van der Waals surface area (Å²) >= 11 is 0. The smallest absolute Gasteiger partial charge is 0.137 e. The van der Waals surface area contributed by atoms with Crippen LogP contribution < -0.4 is 4.74 Å². The summed E-state index contributed by atoms with van der Waals surface area (Å²) in [6, 6.07) is 8.44. The molecule has 3 heterocycles. The van der Waals surface area contributed by atoms with Crippen molar-refractivity contribution in [3.05, 3.63) is 41.5 Å². The summed E-state index contributed by atoms with van der Waals surface area (Å²) < 4.78 is 8.34. The molecule has 0 radical (unpaired) electrons. The fraction of sp³-hybridized carbons (Fsp3) is 0.600. The third kappa shape index (κ3) is 3.71. The number of aryl methyl sites for hydroxylation is 2. The molecular formula is C20H28N4O. The van der Waals surface area contributed by atoms with Crippen molar-refractivity contribution in [2.75, 3.05) is 26.2 Å². The molecule has 2 aromatic rings. The highest BCUT2D eigenvalue weighted by Gasteiger charge is 2.28. The van der Waals surface area contributed by atoms with Crippen molar-refractivity contribution in [3.63, 3.8) is 0 Å². The highest BCUT2D eigenvalue weighted by atomic mass is 16.5. The molecule has 0 unspecified atom stereocenters. The second kappa shape index (κ2) is 7.56. The van der Waals surface area contributed by atoms with Crippen molar-refractivity contribution in [2.24, 2.45) is 0 Å². The normalized spacial score (nSPS) is 20.6. The maximum absolute atomic E-state index is 5.98. The Morgan fingerprint density at radius 2 is 2.16 bits per heavy atom. The summed E-state index contributed by atoms with van der Waals surface area (Å²) in [6.07, 6.45) is 5.83. The SMILES string of the molecule is CCc1cccc(OCCN2CCC[C@@H](c3nnc4n3CCC4)C2)c1. The van der Waals surface area contributed by atoms with Gasteiger partial charge >= 0.3 is 0 Å². The van der Waals surface area contributed by atoms with Crippen LogP contribution in [0, 0.1) is 0 Å². The molecule has 0 spiro atoms. The number of likely N-dealkylation sites (tertiary alicyclic amines) is 1. The zero-order valence-corrected chi connectivity index (χ0v) is 15.2. The van der Waals surface area contributed by atoms with Crippen molar-refractivity contribution in [1.29, 1.82) is 0 Å². The second-order valence-electron chi connectivity index (χ2n) is 7.22. The van der Waals surface area contributed by atoms with E-state index in [9.17, 15) is 0 Å². The van der Waals surface area contributed by atoms with Crippen LogP contribution in [0.2, 0.25) is 0 Å². The van der Waals surface area contributed by atoms with Gasteiger partial charge in [0.1, 0.15) is 24.0 Å². The molecule has 2 aliphatic rings. The first-order valence-electron chi connectivity index (χ1n) is 9.69. The molecule has 1 fully saturated rings. The molecule has 4 rings (SSSR count). The standard InChI is InChI=1S/C20H28N4O/c1-2-16-6-3-8-18(14-16)25-13-12-23-10-4-7-17(15-23)20-22-21-19-9-5-11-24(19)20/h3,6,8,14,17H,2,4-5,7,9-13,15H2,1H3/t17-/m1/s1. The second-order valence-corrected chi connectivity index (χ2v) is 7.22. The van der Waals surface area contributed by atoms with Gasteiger partial charge in [0.05, 0.1) is 0 Å². The maximum atomic E-state index is 5.98. The van der Waals surface area contributed by atoms with Crippen LogP contribution in [0.15, 0.2) is 24.3 Å². The van der Waals surface area contributed by atoms with Crippen LogP contribution in [-0.2, 0) is 19.4 Å². The first-order chi connectivity index (χ1) is 12.3. The van der Waals surface area contributed by atoms with E-state index in [0.717, 1.165) is 51.4 Å². The first kappa shape index (κ1) is 16.6. The maximum Gasteiger partial charge on any atom is 0.137 e. The Morgan fingerprint density at radius 1 is 1.20 bits per heavy atom. The van der Waals surface area contributed by atoms with Gasteiger partial charge in [-0.2, -0.15) is 0 Å². The molecule has 25 heavy (non-hydrogen) atoms. The van der Waals surface area contributed by atoms with E-state index in [-0.39, 0.29) is 0 Å². The van der Waals surface area contributed by atoms with Gasteiger partial charge in [0.25, 0.3) is 0 Å². The summed E-state index contributed by atoms with van der Waals surface area (Å²) in [5, 5.41) is 8.88. The first-order valence-corrected chi connectivity index (χ1v) is 9.69. The van der Waals surface area contributed by atoms with Crippen molar-refractivity contribution in [2.45, 2.75) is 51.5 Å². The highest BCUT2D eigenvalue weighted by molar-refractivity contribution is 5.28. The number of piperidine rings is 1. The van der Waals surface area contributed by atoms with Gasteiger partial charge in [-0.25, -0.2) is 0 Å². The summed E-state index contributed by atoms with van der Waals surface area (Å²) in [7, 11) is 0. The number of rotatable bonds is 6. The predicted molar refractivity (Wildman–Crippen MR) is 98.1 cm³/mol. The van der Waals surface area contributed by atoms with E-state index in [0.29, 0.717) is 5.92 Å². The van der Waals surface area contributed by atoms with E-state index in [1.54, 1.807) is 0 Å². The summed E-state index contributed by atoms with van der Waals surface area (Å²) in [6.45, 7) is 7.25. The Balaban J connectivity index is 1.31. The average molecular weight is 340 g/mol. The number of aromatic nitrogens is 3. The van der Waals surface area contributed by atoms with Crippen LogP contribution in [0.4, 0.5) is 0 Å². The fourth-order valence-electron chi connectivity index (χ4n) is 4.09. The van der Waals surface area contributed by atoms with Gasteiger partial charge in [0.2, 0.25) is 0 Å². The number of hydrogen-bond donors (Lipinski definition) is 0. The van der Waals surface area contributed by atoms with Gasteiger partial charge in [0.15, 0.2) is 0 Å². The van der Waals surface area contributed by atoms with Crippen molar-refractivity contribution >= 4 is 0 Å². The van der Waals surface area contributed by atoms with E-state index in [1.165, 1.54) is 36.5 Å². The molecule has 1 saturated heterocycles. The van der Waals surface area contributed by atoms with Crippen molar-refractivity contribution in [1.82, 2.24) is 19.7 Å². The van der Waals surface area contributed by atoms with E-state index in [2.05, 4.69) is 50.9 Å². The quantitative estimate of drug-likeness (QED) is 0.811. The lowest BCUT2D eigenvalue weighted by molar-refractivity contribution is 0.166. The monoisotopic (exact) mass is 340 g/mol. The molecule has 0 N–H and O–H groups in total. The topological polar surface area (TPSA) is 43.2 Å². The molecule has 5 nitrogen and oxygen atoms in total. The summed E-state index contributed by atoms with van der Waals surface area (Å²) in [4.78, 5) is 2.52. The number of hydrogen-bond acceptors (Lipinski definition) is 4. The molecule has 5 heteroatoms. The molecule has 2 aliphatic heterocycles. The van der Waals surface area contributed by atoms with Gasteiger partial charge in [0, 0.05) is 32.0 Å². The van der Waals surface area contributed by atoms with Gasteiger partial charge in [-0.15, -0.1) is 10.2 Å². The molecule has 0 bridgehead atoms. The molecular weight excluding hydrogens is 312 g/mol. The van der Waals surface area contributed by atoms with Gasteiger partial charge in [-0.3, -0.25) is 4.90 Å². The lowest BCUT2D eigenvalue weighted by Gasteiger charge is -2.32. The summed E-state index contributed by atoms with van der Waals surface area (Å²) in [5.41, 5.74) is 1.33. The number of nitrogens with zero attached hydrogens (tertiary/aromatic N) is 4. The molecule has 134 valence electrons. The van der Waals surface area contributed by atoms with Crippen LogP contribution >= 0.6 is 0 Å². The lowest BCUT2D eigenvalue weighted by Crippen LogP contribution is -2.37. The van der Waals surface area contributed by atoms with Crippen molar-refractivity contribution in [3.8, 4) is 5.75 Å². The summed E-state index contributed by atoms with van der Waals surface area (Å²) in [5.74, 6) is 3.92. The zero-order valence-electron chi connectivity index (χ0n) is 15.2. The minimum absolute atomic E-state index is 0.525. The van der Waals surface area contributed by atoms with Crippen LogP contribution in [0.25, 0.3) is 0 Å². The number of ether oxygens (including phenoxy) is 1. The van der Waals surface area contributed by atoms with E-state index in [1.807, 2.05) is 0 Å². The molecule has 1 aromatic heterocycles. The van der Waals surface area contributed by atoms with E-state index >= 15 is 0 Å². The van der Waals surface area contributed by atoms with Gasteiger partial charge in [-0.1, -0.05) is 19.1 Å². The highest BCUT2D eigenvalue weighted by Crippen LogP contribution is 2.28. The average Bonchev–Trinajstić information content (AvgIpc) is 3.26. The molecule has 0 saturated carbocycles. The minimum atomic E-state index is 0.525. The fourth-order valence-corrected chi connectivity index (χ4v) is 4.09. The van der Waals surface area contributed by atoms with E-state index < -0.39 is 0 Å². The molecule has 1 atom stereocenters. The van der Waals surface area contributed by atoms with Crippen LogP contribution in [0.1, 0.15) is 49.3 Å². The van der Waals surface area contributed by atoms with Gasteiger partial charge in [-0.05, 0) is 49.9 Å².